The van der Waals surface area contributed by atoms with Crippen LogP contribution in [-0.4, -0.2) is 10.5 Å². The van der Waals surface area contributed by atoms with E-state index in [9.17, 15) is 10.1 Å². The van der Waals surface area contributed by atoms with Crippen molar-refractivity contribution < 1.29 is 4.92 Å². The van der Waals surface area contributed by atoms with Crippen LogP contribution in [0, 0.1) is 10.1 Å². The molecule has 4 heteroatoms. The Bertz CT molecular complexity index is 761. The fraction of sp³-hybridized carbons (Fsp3) is 0.222. The number of rotatable bonds is 2. The van der Waals surface area contributed by atoms with Crippen molar-refractivity contribution in [3.8, 4) is 0 Å². The molecule has 1 aliphatic rings. The molecule has 0 aromatic heterocycles. The Hall–Kier alpha value is -2.62. The van der Waals surface area contributed by atoms with Gasteiger partial charge in [-0.05, 0) is 44.5 Å². The quantitative estimate of drug-likeness (QED) is 0.583. The van der Waals surface area contributed by atoms with Gasteiger partial charge in [-0.25, -0.2) is 0 Å². The van der Waals surface area contributed by atoms with E-state index in [-0.39, 0.29) is 16.1 Å². The third-order valence-electron chi connectivity index (χ3n) is 4.03. The van der Waals surface area contributed by atoms with Crippen molar-refractivity contribution in [2.75, 3.05) is 4.90 Å². The molecular formula is C18H18N2O2. The molecule has 2 aromatic carbocycles. The Balaban J connectivity index is 2.14. The number of allylic oxidation sites excluding steroid dienone is 1. The summed E-state index contributed by atoms with van der Waals surface area (Å²) in [7, 11) is 0. The molecule has 0 amide bonds. The van der Waals surface area contributed by atoms with Crippen LogP contribution in [0.3, 0.4) is 0 Å². The number of nitro groups is 1. The molecule has 1 aliphatic heterocycles. The Morgan fingerprint density at radius 1 is 1.05 bits per heavy atom. The number of para-hydroxylation sites is 1. The van der Waals surface area contributed by atoms with Gasteiger partial charge in [-0.3, -0.25) is 10.1 Å². The lowest BCUT2D eigenvalue weighted by molar-refractivity contribution is -0.384. The van der Waals surface area contributed by atoms with E-state index in [4.69, 9.17) is 0 Å². The summed E-state index contributed by atoms with van der Waals surface area (Å²) in [5, 5.41) is 10.8. The average Bonchev–Trinajstić information content (AvgIpc) is 2.47. The number of fused-ring (bicyclic) bond motifs is 1. The molecule has 0 saturated carbocycles. The summed E-state index contributed by atoms with van der Waals surface area (Å²) in [5.74, 6) is 0. The highest BCUT2D eigenvalue weighted by Crippen LogP contribution is 2.43. The van der Waals surface area contributed by atoms with Crippen LogP contribution in [0.2, 0.25) is 0 Å². The van der Waals surface area contributed by atoms with E-state index in [2.05, 4.69) is 43.9 Å². The van der Waals surface area contributed by atoms with Crippen molar-refractivity contribution in [3.63, 3.8) is 0 Å². The van der Waals surface area contributed by atoms with Gasteiger partial charge in [0.15, 0.2) is 0 Å². The summed E-state index contributed by atoms with van der Waals surface area (Å²) >= 11 is 0. The van der Waals surface area contributed by atoms with Gasteiger partial charge in [0.1, 0.15) is 0 Å². The lowest BCUT2D eigenvalue weighted by atomic mass is 9.88. The first kappa shape index (κ1) is 14.3. The normalized spacial score (nSPS) is 16.0. The highest BCUT2D eigenvalue weighted by atomic mass is 16.6. The summed E-state index contributed by atoms with van der Waals surface area (Å²) in [5.41, 5.74) is 4.43. The first-order valence-electron chi connectivity index (χ1n) is 7.24. The van der Waals surface area contributed by atoms with Crippen LogP contribution in [0.15, 0.2) is 54.6 Å². The number of anilines is 2. The molecule has 2 aromatic rings. The zero-order valence-corrected chi connectivity index (χ0v) is 12.9. The SMILES string of the molecule is CC1=CC(C)(C)N(c2ccc([N+](=O)[O-])cc2)c2ccccc21. The van der Waals surface area contributed by atoms with Gasteiger partial charge in [-0.2, -0.15) is 0 Å². The second-order valence-corrected chi connectivity index (χ2v) is 6.11. The minimum absolute atomic E-state index is 0.110. The monoisotopic (exact) mass is 294 g/mol. The van der Waals surface area contributed by atoms with Crippen molar-refractivity contribution >= 4 is 22.6 Å². The largest absolute Gasteiger partial charge is 0.332 e. The summed E-state index contributed by atoms with van der Waals surface area (Å²) in [6.07, 6.45) is 2.23. The number of benzene rings is 2. The molecule has 4 nitrogen and oxygen atoms in total. The molecule has 0 saturated heterocycles. The predicted molar refractivity (Wildman–Crippen MR) is 89.4 cm³/mol. The minimum Gasteiger partial charge on any atom is -0.332 e. The molecule has 22 heavy (non-hydrogen) atoms. The van der Waals surface area contributed by atoms with Crippen molar-refractivity contribution in [2.24, 2.45) is 0 Å². The molecule has 0 aliphatic carbocycles. The smallest absolute Gasteiger partial charge is 0.269 e. The van der Waals surface area contributed by atoms with Gasteiger partial charge in [-0.1, -0.05) is 24.3 Å². The standard InChI is InChI=1S/C18H18N2O2/c1-13-12-18(2,3)19(17-7-5-4-6-16(13)17)14-8-10-15(11-9-14)20(21)22/h4-12H,1-3H3. The molecule has 1 heterocycles. The van der Waals surface area contributed by atoms with E-state index in [0.29, 0.717) is 0 Å². The lowest BCUT2D eigenvalue weighted by Gasteiger charge is -2.43. The zero-order valence-electron chi connectivity index (χ0n) is 12.9. The Kier molecular flexibility index (Phi) is 3.24. The molecule has 0 atom stereocenters. The van der Waals surface area contributed by atoms with Gasteiger partial charge in [0.2, 0.25) is 0 Å². The molecule has 0 fully saturated rings. The highest BCUT2D eigenvalue weighted by Gasteiger charge is 2.32. The topological polar surface area (TPSA) is 46.4 Å². The molecule has 0 N–H and O–H groups in total. The van der Waals surface area contributed by atoms with E-state index in [1.54, 1.807) is 12.1 Å². The summed E-state index contributed by atoms with van der Waals surface area (Å²) in [4.78, 5) is 12.7. The third kappa shape index (κ3) is 2.26. The maximum atomic E-state index is 10.8. The number of nitro benzene ring substituents is 1. The van der Waals surface area contributed by atoms with Gasteiger partial charge in [0.25, 0.3) is 5.69 Å². The van der Waals surface area contributed by atoms with Gasteiger partial charge in [0, 0.05) is 29.1 Å². The third-order valence-corrected chi connectivity index (χ3v) is 4.03. The Morgan fingerprint density at radius 2 is 1.68 bits per heavy atom. The average molecular weight is 294 g/mol. The molecular weight excluding hydrogens is 276 g/mol. The van der Waals surface area contributed by atoms with Crippen LogP contribution in [0.4, 0.5) is 17.1 Å². The van der Waals surface area contributed by atoms with E-state index in [0.717, 1.165) is 11.4 Å². The Morgan fingerprint density at radius 3 is 2.32 bits per heavy atom. The molecule has 0 radical (unpaired) electrons. The van der Waals surface area contributed by atoms with Crippen LogP contribution in [-0.2, 0) is 0 Å². The van der Waals surface area contributed by atoms with Gasteiger partial charge in [-0.15, -0.1) is 0 Å². The summed E-state index contributed by atoms with van der Waals surface area (Å²) in [6.45, 7) is 6.41. The zero-order chi connectivity index (χ0) is 15.9. The van der Waals surface area contributed by atoms with Crippen LogP contribution < -0.4 is 4.90 Å². The number of non-ortho nitro benzene ring substituents is 1. The van der Waals surface area contributed by atoms with Crippen LogP contribution in [0.5, 0.6) is 0 Å². The first-order valence-corrected chi connectivity index (χ1v) is 7.24. The van der Waals surface area contributed by atoms with E-state index in [1.807, 2.05) is 24.3 Å². The molecule has 112 valence electrons. The van der Waals surface area contributed by atoms with Gasteiger partial charge < -0.3 is 4.90 Å². The Labute approximate surface area is 129 Å². The molecule has 0 bridgehead atoms. The molecule has 0 unspecified atom stereocenters. The van der Waals surface area contributed by atoms with Crippen molar-refractivity contribution in [1.82, 2.24) is 0 Å². The first-order chi connectivity index (χ1) is 10.4. The van der Waals surface area contributed by atoms with Gasteiger partial charge in [0.05, 0.1) is 10.5 Å². The van der Waals surface area contributed by atoms with Gasteiger partial charge >= 0.3 is 0 Å². The maximum absolute atomic E-state index is 10.8. The number of nitrogens with zero attached hydrogens (tertiary/aromatic N) is 2. The molecule has 0 spiro atoms. The van der Waals surface area contributed by atoms with E-state index >= 15 is 0 Å². The second kappa shape index (κ2) is 4.98. The second-order valence-electron chi connectivity index (χ2n) is 6.11. The number of hydrogen-bond donors (Lipinski definition) is 0. The van der Waals surface area contributed by atoms with Crippen molar-refractivity contribution in [3.05, 3.63) is 70.3 Å². The summed E-state index contributed by atoms with van der Waals surface area (Å²) < 4.78 is 0. The van der Waals surface area contributed by atoms with E-state index in [1.165, 1.54) is 11.1 Å². The van der Waals surface area contributed by atoms with E-state index < -0.39 is 0 Å². The van der Waals surface area contributed by atoms with Crippen LogP contribution in [0.25, 0.3) is 5.57 Å². The lowest BCUT2D eigenvalue weighted by Crippen LogP contribution is -2.41. The minimum atomic E-state index is -0.372. The van der Waals surface area contributed by atoms with Crippen molar-refractivity contribution in [1.29, 1.82) is 0 Å². The fourth-order valence-corrected chi connectivity index (χ4v) is 3.18. The molecule has 3 rings (SSSR count). The van der Waals surface area contributed by atoms with Crippen LogP contribution in [0.1, 0.15) is 26.3 Å². The van der Waals surface area contributed by atoms with Crippen LogP contribution >= 0.6 is 0 Å². The maximum Gasteiger partial charge on any atom is 0.269 e. The van der Waals surface area contributed by atoms with Crippen molar-refractivity contribution in [2.45, 2.75) is 26.3 Å². The highest BCUT2D eigenvalue weighted by molar-refractivity contribution is 5.85. The summed E-state index contributed by atoms with van der Waals surface area (Å²) in [6, 6.07) is 15.0. The predicted octanol–water partition coefficient (Wildman–Crippen LogP) is 4.93. The number of hydrogen-bond acceptors (Lipinski definition) is 3. The fourth-order valence-electron chi connectivity index (χ4n) is 3.18.